The first-order chi connectivity index (χ1) is 3.43. The molecule has 0 heterocycles. The summed E-state index contributed by atoms with van der Waals surface area (Å²) in [4.78, 5) is 0. The van der Waals surface area contributed by atoms with Crippen LogP contribution in [0.2, 0.25) is 0 Å². The Morgan fingerprint density at radius 1 is 1.57 bits per heavy atom. The van der Waals surface area contributed by atoms with Crippen LogP contribution in [0.1, 0.15) is 12.8 Å². The van der Waals surface area contributed by atoms with Crippen molar-refractivity contribution in [3.8, 4) is 6.19 Å². The molecule has 1 rings (SSSR count). The van der Waals surface area contributed by atoms with Crippen molar-refractivity contribution in [2.24, 2.45) is 0 Å². The van der Waals surface area contributed by atoms with Crippen molar-refractivity contribution < 1.29 is 0 Å². The lowest BCUT2D eigenvalue weighted by molar-refractivity contribution is 0.631. The van der Waals surface area contributed by atoms with Gasteiger partial charge in [-0.25, -0.2) is 5.43 Å². The van der Waals surface area contributed by atoms with Crippen molar-refractivity contribution in [3.63, 3.8) is 0 Å². The van der Waals surface area contributed by atoms with Gasteiger partial charge in [-0.1, -0.05) is 0 Å². The maximum atomic E-state index is 7.92. The zero-order chi connectivity index (χ0) is 5.11. The molecule has 1 saturated carbocycles. The second-order valence-corrected chi connectivity index (χ2v) is 1.66. The molecule has 0 unspecified atom stereocenters. The molecule has 1 fully saturated rings. The van der Waals surface area contributed by atoms with E-state index >= 15 is 0 Å². The molecule has 0 bridgehead atoms. The van der Waals surface area contributed by atoms with Gasteiger partial charge in [0.15, 0.2) is 6.19 Å². The van der Waals surface area contributed by atoms with Gasteiger partial charge in [0.2, 0.25) is 0 Å². The Kier molecular flexibility index (Phi) is 1.14. The van der Waals surface area contributed by atoms with Crippen LogP contribution in [0, 0.1) is 11.5 Å². The van der Waals surface area contributed by atoms with Gasteiger partial charge in [0.1, 0.15) is 0 Å². The maximum absolute atomic E-state index is 7.92. The Labute approximate surface area is 42.3 Å². The lowest BCUT2D eigenvalue weighted by Crippen LogP contribution is -2.28. The average molecular weight is 97.1 g/mol. The molecule has 0 amide bonds. The number of nitrogens with zero attached hydrogens (tertiary/aromatic N) is 1. The Morgan fingerprint density at radius 2 is 2.29 bits per heavy atom. The average Bonchev–Trinajstić information content (AvgIpc) is 2.42. The van der Waals surface area contributed by atoms with Crippen molar-refractivity contribution in [1.29, 1.82) is 5.26 Å². The summed E-state index contributed by atoms with van der Waals surface area (Å²) in [5, 5.41) is 7.92. The molecule has 38 valence electrons. The number of hydrogen-bond acceptors (Lipinski definition) is 3. The first kappa shape index (κ1) is 4.41. The van der Waals surface area contributed by atoms with E-state index in [2.05, 4.69) is 10.9 Å². The number of hydrogen-bond donors (Lipinski definition) is 2. The fraction of sp³-hybridized carbons (Fsp3) is 0.750. The third kappa shape index (κ3) is 1.42. The largest absolute Gasteiger partial charge is 0.258 e. The van der Waals surface area contributed by atoms with Gasteiger partial charge >= 0.3 is 0 Å². The van der Waals surface area contributed by atoms with Crippen molar-refractivity contribution >= 4 is 0 Å². The van der Waals surface area contributed by atoms with E-state index < -0.39 is 0 Å². The molecule has 3 nitrogen and oxygen atoms in total. The number of nitriles is 1. The summed E-state index contributed by atoms with van der Waals surface area (Å²) in [6.45, 7) is 0. The topological polar surface area (TPSA) is 47.9 Å². The predicted octanol–water partition coefficient (Wildman–Crippen LogP) is -0.276. The highest BCUT2D eigenvalue weighted by molar-refractivity contribution is 4.80. The monoisotopic (exact) mass is 97.1 g/mol. The first-order valence-electron chi connectivity index (χ1n) is 2.33. The van der Waals surface area contributed by atoms with Gasteiger partial charge in [-0.15, -0.1) is 0 Å². The van der Waals surface area contributed by atoms with Crippen LogP contribution in [0.25, 0.3) is 0 Å². The van der Waals surface area contributed by atoms with Crippen LogP contribution in [0.15, 0.2) is 0 Å². The van der Waals surface area contributed by atoms with Crippen LogP contribution in [0.3, 0.4) is 0 Å². The minimum atomic E-state index is 0.569. The van der Waals surface area contributed by atoms with Gasteiger partial charge in [0.05, 0.1) is 0 Å². The van der Waals surface area contributed by atoms with Crippen LogP contribution in [0.5, 0.6) is 0 Å². The SMILES string of the molecule is N#CNNC1CC1. The van der Waals surface area contributed by atoms with Crippen molar-refractivity contribution in [1.82, 2.24) is 10.9 Å². The fourth-order valence-electron chi connectivity index (χ4n) is 0.362. The van der Waals surface area contributed by atoms with Crippen LogP contribution in [-0.2, 0) is 0 Å². The predicted molar refractivity (Wildman–Crippen MR) is 24.9 cm³/mol. The lowest BCUT2D eigenvalue weighted by atomic mass is 10.8. The second kappa shape index (κ2) is 1.80. The smallest absolute Gasteiger partial charge is 0.192 e. The molecule has 1 aliphatic rings. The Hall–Kier alpha value is -0.750. The molecule has 0 spiro atoms. The third-order valence-corrected chi connectivity index (χ3v) is 0.910. The molecular formula is C4H7N3. The minimum Gasteiger partial charge on any atom is -0.258 e. The van der Waals surface area contributed by atoms with Crippen LogP contribution >= 0.6 is 0 Å². The summed E-state index contributed by atoms with van der Waals surface area (Å²) in [7, 11) is 0. The summed E-state index contributed by atoms with van der Waals surface area (Å²) in [6.07, 6.45) is 4.18. The zero-order valence-electron chi connectivity index (χ0n) is 3.94. The molecule has 0 aliphatic heterocycles. The molecule has 1 aliphatic carbocycles. The summed E-state index contributed by atoms with van der Waals surface area (Å²) < 4.78 is 0. The molecule has 0 atom stereocenters. The van der Waals surface area contributed by atoms with E-state index in [9.17, 15) is 0 Å². The minimum absolute atomic E-state index is 0.569. The quantitative estimate of drug-likeness (QED) is 0.283. The standard InChI is InChI=1S/C4H7N3/c5-3-6-7-4-1-2-4/h4,6-7H,1-2H2. The van der Waals surface area contributed by atoms with Gasteiger partial charge in [-0.05, 0) is 12.8 Å². The molecule has 2 N–H and O–H groups in total. The van der Waals surface area contributed by atoms with E-state index in [1.54, 1.807) is 6.19 Å². The highest BCUT2D eigenvalue weighted by Gasteiger charge is 2.19. The highest BCUT2D eigenvalue weighted by Crippen LogP contribution is 2.16. The molecule has 0 saturated heterocycles. The van der Waals surface area contributed by atoms with E-state index in [4.69, 9.17) is 5.26 Å². The summed E-state index contributed by atoms with van der Waals surface area (Å²) in [6, 6.07) is 0.569. The van der Waals surface area contributed by atoms with Gasteiger partial charge in [0.25, 0.3) is 0 Å². The van der Waals surface area contributed by atoms with E-state index in [0.29, 0.717) is 6.04 Å². The van der Waals surface area contributed by atoms with Gasteiger partial charge in [0, 0.05) is 6.04 Å². The second-order valence-electron chi connectivity index (χ2n) is 1.66. The summed E-state index contributed by atoms with van der Waals surface area (Å²) in [5.41, 5.74) is 5.16. The van der Waals surface area contributed by atoms with Gasteiger partial charge in [-0.3, -0.25) is 5.43 Å². The molecule has 3 heteroatoms. The fourth-order valence-corrected chi connectivity index (χ4v) is 0.362. The molecule has 0 radical (unpaired) electrons. The lowest BCUT2D eigenvalue weighted by Gasteiger charge is -1.91. The molecule has 0 aromatic heterocycles. The Balaban J connectivity index is 1.91. The first-order valence-corrected chi connectivity index (χ1v) is 2.33. The third-order valence-electron chi connectivity index (χ3n) is 0.910. The van der Waals surface area contributed by atoms with Crippen LogP contribution in [0.4, 0.5) is 0 Å². The summed E-state index contributed by atoms with van der Waals surface area (Å²) >= 11 is 0. The van der Waals surface area contributed by atoms with Gasteiger partial charge < -0.3 is 0 Å². The highest BCUT2D eigenvalue weighted by atomic mass is 15.4. The Morgan fingerprint density at radius 3 is 2.71 bits per heavy atom. The van der Waals surface area contributed by atoms with Crippen molar-refractivity contribution in [2.45, 2.75) is 18.9 Å². The number of hydrazine groups is 1. The zero-order valence-corrected chi connectivity index (χ0v) is 3.94. The van der Waals surface area contributed by atoms with Crippen molar-refractivity contribution in [3.05, 3.63) is 0 Å². The molecule has 0 aromatic rings. The maximum Gasteiger partial charge on any atom is 0.192 e. The number of nitrogens with one attached hydrogen (secondary N) is 2. The van der Waals surface area contributed by atoms with E-state index in [1.165, 1.54) is 12.8 Å². The van der Waals surface area contributed by atoms with E-state index in [0.717, 1.165) is 0 Å². The van der Waals surface area contributed by atoms with E-state index in [1.807, 2.05) is 0 Å². The normalized spacial score (nSPS) is 18.1. The van der Waals surface area contributed by atoms with Crippen LogP contribution < -0.4 is 10.9 Å². The van der Waals surface area contributed by atoms with Gasteiger partial charge in [-0.2, -0.15) is 5.26 Å². The van der Waals surface area contributed by atoms with Crippen molar-refractivity contribution in [2.75, 3.05) is 0 Å². The number of rotatable bonds is 2. The molecular weight excluding hydrogens is 90.1 g/mol. The van der Waals surface area contributed by atoms with E-state index in [-0.39, 0.29) is 0 Å². The molecule has 7 heavy (non-hydrogen) atoms. The summed E-state index contributed by atoms with van der Waals surface area (Å²) in [5.74, 6) is 0. The molecule has 0 aromatic carbocycles. The Bertz CT molecular complexity index is 89.6. The van der Waals surface area contributed by atoms with Crippen LogP contribution in [-0.4, -0.2) is 6.04 Å².